The van der Waals surface area contributed by atoms with E-state index in [1.54, 1.807) is 29.1 Å². The van der Waals surface area contributed by atoms with Crippen molar-refractivity contribution in [2.75, 3.05) is 19.8 Å². The van der Waals surface area contributed by atoms with Crippen LogP contribution in [0, 0.1) is 11.3 Å². The number of fused-ring (bicyclic) bond motifs is 3. The third kappa shape index (κ3) is 3.96. The molecule has 5 rings (SSSR count). The van der Waals surface area contributed by atoms with Gasteiger partial charge in [-0.05, 0) is 48.8 Å². The van der Waals surface area contributed by atoms with E-state index >= 15 is 0 Å². The number of ether oxygens (including phenoxy) is 1. The average Bonchev–Trinajstić information content (AvgIpc) is 3.00. The Morgan fingerprint density at radius 1 is 1.33 bits per heavy atom. The van der Waals surface area contributed by atoms with E-state index in [0.29, 0.717) is 24.8 Å². The number of carbonyl (C=O) groups is 2. The molecule has 0 spiro atoms. The molecule has 1 N–H and O–H groups in total. The van der Waals surface area contributed by atoms with Gasteiger partial charge < -0.3 is 14.7 Å². The standard InChI is InChI=1S/C22H28N4O4/c1-22(2)16-6-4-9-25(19(22)12-16)20(27)14-30-10-8-17-13-26(24-23-17)18-7-3-5-15(11-18)21(28)29/h3,5,7,11,13,16,19H,4,6,8-10,12,14H2,1-2H3,(H,28,29). The molecule has 1 aliphatic carbocycles. The van der Waals surface area contributed by atoms with Crippen molar-refractivity contribution in [1.82, 2.24) is 19.9 Å². The van der Waals surface area contributed by atoms with Crippen LogP contribution in [0.5, 0.6) is 0 Å². The summed E-state index contributed by atoms with van der Waals surface area (Å²) < 4.78 is 7.19. The molecule has 1 aromatic heterocycles. The fourth-order valence-electron chi connectivity index (χ4n) is 4.71. The van der Waals surface area contributed by atoms with E-state index in [4.69, 9.17) is 9.84 Å². The predicted molar refractivity (Wildman–Crippen MR) is 109 cm³/mol. The highest BCUT2D eigenvalue weighted by molar-refractivity contribution is 5.88. The third-order valence-electron chi connectivity index (χ3n) is 6.69. The lowest BCUT2D eigenvalue weighted by Gasteiger charge is -2.54. The topological polar surface area (TPSA) is 97.5 Å². The summed E-state index contributed by atoms with van der Waals surface area (Å²) in [5.41, 5.74) is 1.76. The van der Waals surface area contributed by atoms with Crippen LogP contribution < -0.4 is 0 Å². The molecule has 2 bridgehead atoms. The maximum Gasteiger partial charge on any atom is 0.335 e. The maximum absolute atomic E-state index is 12.7. The van der Waals surface area contributed by atoms with Crippen molar-refractivity contribution in [3.8, 4) is 5.69 Å². The van der Waals surface area contributed by atoms with E-state index in [9.17, 15) is 9.59 Å². The third-order valence-corrected chi connectivity index (χ3v) is 6.69. The molecule has 3 fully saturated rings. The van der Waals surface area contributed by atoms with Crippen molar-refractivity contribution in [2.24, 2.45) is 11.3 Å². The molecule has 8 heteroatoms. The van der Waals surface area contributed by atoms with Crippen LogP contribution in [-0.2, 0) is 16.0 Å². The second kappa shape index (κ2) is 8.18. The van der Waals surface area contributed by atoms with E-state index in [-0.39, 0.29) is 23.5 Å². The number of nitrogens with zero attached hydrogens (tertiary/aromatic N) is 4. The Bertz CT molecular complexity index is 939. The van der Waals surface area contributed by atoms with Gasteiger partial charge in [0.2, 0.25) is 5.91 Å². The molecule has 2 saturated heterocycles. The quantitative estimate of drug-likeness (QED) is 0.702. The monoisotopic (exact) mass is 412 g/mol. The molecule has 3 heterocycles. The minimum Gasteiger partial charge on any atom is -0.478 e. The van der Waals surface area contributed by atoms with Gasteiger partial charge in [0.15, 0.2) is 0 Å². The number of aromatic nitrogens is 3. The van der Waals surface area contributed by atoms with Crippen LogP contribution in [0.2, 0.25) is 0 Å². The van der Waals surface area contributed by atoms with Gasteiger partial charge in [-0.1, -0.05) is 25.1 Å². The smallest absolute Gasteiger partial charge is 0.335 e. The first-order valence-corrected chi connectivity index (χ1v) is 10.5. The van der Waals surface area contributed by atoms with Gasteiger partial charge in [0.1, 0.15) is 6.61 Å². The van der Waals surface area contributed by atoms with Gasteiger partial charge in [-0.25, -0.2) is 9.48 Å². The minimum atomic E-state index is -0.986. The van der Waals surface area contributed by atoms with Crippen LogP contribution in [0.4, 0.5) is 0 Å². The Morgan fingerprint density at radius 3 is 2.93 bits per heavy atom. The van der Waals surface area contributed by atoms with E-state index in [2.05, 4.69) is 24.2 Å². The number of benzene rings is 1. The number of rotatable bonds is 7. The molecule has 160 valence electrons. The lowest BCUT2D eigenvalue weighted by molar-refractivity contribution is -0.147. The van der Waals surface area contributed by atoms with E-state index in [1.165, 1.54) is 12.5 Å². The molecular weight excluding hydrogens is 384 g/mol. The van der Waals surface area contributed by atoms with Crippen LogP contribution in [0.1, 0.15) is 49.2 Å². The summed E-state index contributed by atoms with van der Waals surface area (Å²) in [5.74, 6) is -0.178. The van der Waals surface area contributed by atoms with Crippen molar-refractivity contribution in [1.29, 1.82) is 0 Å². The lowest BCUT2D eigenvalue weighted by atomic mass is 9.57. The molecule has 8 nitrogen and oxygen atoms in total. The fourth-order valence-corrected chi connectivity index (χ4v) is 4.71. The van der Waals surface area contributed by atoms with Crippen molar-refractivity contribution < 1.29 is 19.4 Å². The van der Waals surface area contributed by atoms with Gasteiger partial charge in [0, 0.05) is 19.0 Å². The fraction of sp³-hybridized carbons (Fsp3) is 0.545. The van der Waals surface area contributed by atoms with Crippen LogP contribution in [0.15, 0.2) is 30.5 Å². The van der Waals surface area contributed by atoms with Gasteiger partial charge >= 0.3 is 5.97 Å². The first-order chi connectivity index (χ1) is 14.4. The zero-order valence-corrected chi connectivity index (χ0v) is 17.5. The molecule has 2 aromatic rings. The van der Waals surface area contributed by atoms with Crippen molar-refractivity contribution in [3.63, 3.8) is 0 Å². The molecule has 30 heavy (non-hydrogen) atoms. The minimum absolute atomic E-state index is 0.0718. The van der Waals surface area contributed by atoms with Gasteiger partial charge in [-0.3, -0.25) is 4.79 Å². The summed E-state index contributed by atoms with van der Waals surface area (Å²) in [6.45, 7) is 5.84. The summed E-state index contributed by atoms with van der Waals surface area (Å²) in [7, 11) is 0. The molecule has 1 aromatic carbocycles. The summed E-state index contributed by atoms with van der Waals surface area (Å²) >= 11 is 0. The zero-order chi connectivity index (χ0) is 21.3. The second-order valence-corrected chi connectivity index (χ2v) is 8.81. The van der Waals surface area contributed by atoms with E-state index < -0.39 is 5.97 Å². The molecule has 2 atom stereocenters. The van der Waals surface area contributed by atoms with Crippen molar-refractivity contribution in [3.05, 3.63) is 41.7 Å². The summed E-state index contributed by atoms with van der Waals surface area (Å²) in [6, 6.07) is 6.85. The number of hydrogen-bond donors (Lipinski definition) is 1. The van der Waals surface area contributed by atoms with Crippen molar-refractivity contribution >= 4 is 11.9 Å². The molecule has 1 saturated carbocycles. The van der Waals surface area contributed by atoms with Crippen LogP contribution in [-0.4, -0.2) is 62.7 Å². The Balaban J connectivity index is 1.27. The zero-order valence-electron chi connectivity index (χ0n) is 17.5. The number of carboxylic acids is 1. The first kappa shape index (κ1) is 20.5. The van der Waals surface area contributed by atoms with Gasteiger partial charge in [-0.15, -0.1) is 5.10 Å². The number of hydrogen-bond acceptors (Lipinski definition) is 5. The number of amides is 1. The summed E-state index contributed by atoms with van der Waals surface area (Å²) in [5, 5.41) is 17.3. The normalized spacial score (nSPS) is 22.3. The average molecular weight is 412 g/mol. The number of carbonyl (C=O) groups excluding carboxylic acids is 1. The Labute approximate surface area is 175 Å². The van der Waals surface area contributed by atoms with Crippen LogP contribution in [0.3, 0.4) is 0 Å². The Hall–Kier alpha value is -2.74. The van der Waals surface area contributed by atoms with Crippen LogP contribution >= 0.6 is 0 Å². The lowest BCUT2D eigenvalue weighted by Crippen LogP contribution is -2.58. The molecule has 0 radical (unpaired) electrons. The molecule has 2 aliphatic heterocycles. The first-order valence-electron chi connectivity index (χ1n) is 10.5. The number of aromatic carboxylic acids is 1. The Kier molecular flexibility index (Phi) is 5.60. The Morgan fingerprint density at radius 2 is 2.17 bits per heavy atom. The van der Waals surface area contributed by atoms with Gasteiger partial charge in [0.25, 0.3) is 0 Å². The highest BCUT2D eigenvalue weighted by Crippen LogP contribution is 2.53. The highest BCUT2D eigenvalue weighted by Gasteiger charge is 2.52. The SMILES string of the molecule is CC1(C)C2CCCN(C(=O)COCCc3cn(-c4cccc(C(=O)O)c4)nn3)C1C2. The summed E-state index contributed by atoms with van der Waals surface area (Å²) in [6.07, 6.45) is 5.67. The van der Waals surface area contributed by atoms with Gasteiger partial charge in [0.05, 0.1) is 29.7 Å². The molecule has 1 amide bonds. The van der Waals surface area contributed by atoms with Gasteiger partial charge in [-0.2, -0.15) is 0 Å². The maximum atomic E-state index is 12.7. The van der Waals surface area contributed by atoms with E-state index in [1.807, 2.05) is 4.90 Å². The van der Waals surface area contributed by atoms with Crippen molar-refractivity contribution in [2.45, 2.75) is 45.6 Å². The second-order valence-electron chi connectivity index (χ2n) is 8.81. The van der Waals surface area contributed by atoms with E-state index in [0.717, 1.165) is 31.0 Å². The van der Waals surface area contributed by atoms with Crippen LogP contribution in [0.25, 0.3) is 5.69 Å². The highest BCUT2D eigenvalue weighted by atomic mass is 16.5. The molecule has 3 aliphatic rings. The molecule has 2 unspecified atom stereocenters. The predicted octanol–water partition coefficient (Wildman–Crippen LogP) is 2.56. The summed E-state index contributed by atoms with van der Waals surface area (Å²) in [4.78, 5) is 25.8. The number of carboxylic acid groups (broad SMARTS) is 1. The molecular formula is C22H28N4O4. The largest absolute Gasteiger partial charge is 0.478 e.